The van der Waals surface area contributed by atoms with Crippen LogP contribution in [-0.4, -0.2) is 12.3 Å². The van der Waals surface area contributed by atoms with Crippen molar-refractivity contribution in [2.45, 2.75) is 12.2 Å². The summed E-state index contributed by atoms with van der Waals surface area (Å²) in [5, 5.41) is 2.12. The molecule has 4 heteroatoms. The topological polar surface area (TPSA) is 26.0 Å². The molecule has 12 heavy (non-hydrogen) atoms. The zero-order valence-electron chi connectivity index (χ0n) is 6.75. The highest BCUT2D eigenvalue weighted by atomic mass is 79.9. The van der Waals surface area contributed by atoms with Gasteiger partial charge in [-0.15, -0.1) is 11.3 Å². The lowest BCUT2D eigenvalue weighted by atomic mass is 10.5. The summed E-state index contributed by atoms with van der Waals surface area (Å²) < 4.78 is 1.20. The molecule has 0 aliphatic heterocycles. The first-order valence-electron chi connectivity index (χ1n) is 3.83. The number of thioether (sulfide) groups is 1. The molecule has 68 valence electrons. The minimum Gasteiger partial charge on any atom is -0.330 e. The molecule has 2 N–H and O–H groups in total. The normalized spacial score (nSPS) is 10.5. The van der Waals surface area contributed by atoms with E-state index >= 15 is 0 Å². The first kappa shape index (κ1) is 10.6. The van der Waals surface area contributed by atoms with E-state index in [0.29, 0.717) is 0 Å². The quantitative estimate of drug-likeness (QED) is 0.829. The van der Waals surface area contributed by atoms with Crippen LogP contribution in [0.2, 0.25) is 0 Å². The summed E-state index contributed by atoms with van der Waals surface area (Å²) in [6, 6.07) is 2.18. The van der Waals surface area contributed by atoms with Gasteiger partial charge in [-0.25, -0.2) is 0 Å². The van der Waals surface area contributed by atoms with E-state index in [1.807, 2.05) is 23.1 Å². The lowest BCUT2D eigenvalue weighted by Gasteiger charge is -1.96. The Balaban J connectivity index is 2.15. The third-order valence-electron chi connectivity index (χ3n) is 1.36. The van der Waals surface area contributed by atoms with Gasteiger partial charge in [0.2, 0.25) is 0 Å². The van der Waals surface area contributed by atoms with Crippen LogP contribution < -0.4 is 5.73 Å². The van der Waals surface area contributed by atoms with Crippen LogP contribution in [0.3, 0.4) is 0 Å². The summed E-state index contributed by atoms with van der Waals surface area (Å²) in [6.45, 7) is 0.807. The Morgan fingerprint density at radius 2 is 2.42 bits per heavy atom. The van der Waals surface area contributed by atoms with E-state index in [4.69, 9.17) is 5.73 Å². The number of rotatable bonds is 5. The van der Waals surface area contributed by atoms with Crippen LogP contribution in [0.15, 0.2) is 15.9 Å². The summed E-state index contributed by atoms with van der Waals surface area (Å²) in [6.07, 6.45) is 1.12. The Kier molecular flexibility index (Phi) is 5.30. The molecular formula is C8H12BrNS2. The van der Waals surface area contributed by atoms with Gasteiger partial charge in [0.1, 0.15) is 0 Å². The number of hydrogen-bond donors (Lipinski definition) is 1. The summed E-state index contributed by atoms with van der Waals surface area (Å²) in [4.78, 5) is 1.43. The molecule has 1 aromatic rings. The maximum atomic E-state index is 5.39. The fourth-order valence-electron chi connectivity index (χ4n) is 0.788. The summed E-state index contributed by atoms with van der Waals surface area (Å²) in [5.41, 5.74) is 5.39. The summed E-state index contributed by atoms with van der Waals surface area (Å²) in [7, 11) is 0. The van der Waals surface area contributed by atoms with Gasteiger partial charge in [-0.05, 0) is 40.7 Å². The molecule has 0 aliphatic carbocycles. The smallest absolute Gasteiger partial charge is 0.0285 e. The van der Waals surface area contributed by atoms with Crippen LogP contribution >= 0.6 is 39.0 Å². The summed E-state index contributed by atoms with van der Waals surface area (Å²) >= 11 is 7.20. The van der Waals surface area contributed by atoms with Crippen molar-refractivity contribution in [1.82, 2.24) is 0 Å². The van der Waals surface area contributed by atoms with Gasteiger partial charge >= 0.3 is 0 Å². The van der Waals surface area contributed by atoms with Crippen molar-refractivity contribution in [2.75, 3.05) is 12.3 Å². The fourth-order valence-corrected chi connectivity index (χ4v) is 3.34. The highest BCUT2D eigenvalue weighted by Gasteiger charge is 1.96. The van der Waals surface area contributed by atoms with Gasteiger partial charge in [-0.1, -0.05) is 0 Å². The van der Waals surface area contributed by atoms with E-state index in [1.165, 1.54) is 15.1 Å². The zero-order chi connectivity index (χ0) is 8.81. The molecule has 0 aromatic carbocycles. The second-order valence-electron chi connectivity index (χ2n) is 2.43. The van der Waals surface area contributed by atoms with Crippen LogP contribution in [0, 0.1) is 0 Å². The third-order valence-corrected chi connectivity index (χ3v) is 4.33. The Labute approximate surface area is 89.9 Å². The van der Waals surface area contributed by atoms with Crippen LogP contribution in [0.5, 0.6) is 0 Å². The minimum absolute atomic E-state index is 0.807. The second-order valence-corrected chi connectivity index (χ2v) is 5.44. The van der Waals surface area contributed by atoms with Gasteiger partial charge < -0.3 is 5.73 Å². The molecule has 1 heterocycles. The van der Waals surface area contributed by atoms with E-state index in [9.17, 15) is 0 Å². The number of hydrogen-bond acceptors (Lipinski definition) is 3. The highest BCUT2D eigenvalue weighted by Crippen LogP contribution is 2.23. The van der Waals surface area contributed by atoms with Crippen LogP contribution in [0.1, 0.15) is 11.3 Å². The summed E-state index contributed by atoms with van der Waals surface area (Å²) in [5.74, 6) is 2.29. The Bertz CT molecular complexity index is 225. The van der Waals surface area contributed by atoms with Crippen molar-refractivity contribution in [1.29, 1.82) is 0 Å². The fraction of sp³-hybridized carbons (Fsp3) is 0.500. The van der Waals surface area contributed by atoms with Crippen LogP contribution in [-0.2, 0) is 5.75 Å². The molecule has 0 amide bonds. The molecule has 0 aliphatic rings. The van der Waals surface area contributed by atoms with Crippen LogP contribution in [0.4, 0.5) is 0 Å². The first-order valence-corrected chi connectivity index (χ1v) is 6.66. The number of halogens is 1. The molecule has 0 atom stereocenters. The monoisotopic (exact) mass is 265 g/mol. The molecule has 0 fully saturated rings. The Morgan fingerprint density at radius 1 is 1.58 bits per heavy atom. The van der Waals surface area contributed by atoms with Gasteiger partial charge in [0.15, 0.2) is 0 Å². The standard InChI is InChI=1S/C8H12BrNS2/c9-7-4-8(12-5-7)6-11-3-1-2-10/h4-5H,1-3,6,10H2. The van der Waals surface area contributed by atoms with E-state index in [0.717, 1.165) is 18.7 Å². The molecule has 1 aromatic heterocycles. The van der Waals surface area contributed by atoms with Crippen molar-refractivity contribution in [3.8, 4) is 0 Å². The predicted molar refractivity (Wildman–Crippen MR) is 61.9 cm³/mol. The van der Waals surface area contributed by atoms with E-state index in [2.05, 4.69) is 27.4 Å². The second kappa shape index (κ2) is 6.02. The molecule has 1 rings (SSSR count). The van der Waals surface area contributed by atoms with Crippen molar-refractivity contribution >= 4 is 39.0 Å². The van der Waals surface area contributed by atoms with E-state index < -0.39 is 0 Å². The van der Waals surface area contributed by atoms with Crippen LogP contribution in [0.25, 0.3) is 0 Å². The third kappa shape index (κ3) is 3.94. The molecule has 0 bridgehead atoms. The number of nitrogens with two attached hydrogens (primary N) is 1. The predicted octanol–water partition coefficient (Wildman–Crippen LogP) is 3.09. The Hall–Kier alpha value is 0.490. The van der Waals surface area contributed by atoms with Gasteiger partial charge in [-0.3, -0.25) is 0 Å². The largest absolute Gasteiger partial charge is 0.330 e. The zero-order valence-corrected chi connectivity index (χ0v) is 9.97. The van der Waals surface area contributed by atoms with Gasteiger partial charge in [0, 0.05) is 20.5 Å². The van der Waals surface area contributed by atoms with E-state index in [1.54, 1.807) is 0 Å². The molecule has 0 spiro atoms. The molecule has 0 unspecified atom stereocenters. The lowest BCUT2D eigenvalue weighted by Crippen LogP contribution is -1.99. The lowest BCUT2D eigenvalue weighted by molar-refractivity contribution is 0.943. The van der Waals surface area contributed by atoms with Crippen molar-refractivity contribution in [3.63, 3.8) is 0 Å². The van der Waals surface area contributed by atoms with E-state index in [-0.39, 0.29) is 0 Å². The molecule has 1 nitrogen and oxygen atoms in total. The SMILES string of the molecule is NCCCSCc1cc(Br)cs1. The van der Waals surface area contributed by atoms with Gasteiger partial charge in [0.25, 0.3) is 0 Å². The molecule has 0 radical (unpaired) electrons. The molecular weight excluding hydrogens is 254 g/mol. The van der Waals surface area contributed by atoms with Crippen molar-refractivity contribution in [2.24, 2.45) is 5.73 Å². The first-order chi connectivity index (χ1) is 5.83. The molecule has 0 saturated heterocycles. The van der Waals surface area contributed by atoms with Crippen molar-refractivity contribution < 1.29 is 0 Å². The van der Waals surface area contributed by atoms with Crippen molar-refractivity contribution in [3.05, 3.63) is 20.8 Å². The maximum Gasteiger partial charge on any atom is 0.0285 e. The van der Waals surface area contributed by atoms with Gasteiger partial charge in [-0.2, -0.15) is 11.8 Å². The maximum absolute atomic E-state index is 5.39. The molecule has 0 saturated carbocycles. The number of thiophene rings is 1. The minimum atomic E-state index is 0.807. The average molecular weight is 266 g/mol. The average Bonchev–Trinajstić information content (AvgIpc) is 2.45. The van der Waals surface area contributed by atoms with Gasteiger partial charge in [0.05, 0.1) is 0 Å². The highest BCUT2D eigenvalue weighted by molar-refractivity contribution is 9.10. The Morgan fingerprint density at radius 3 is 3.00 bits per heavy atom.